The number of anilines is 2. The fourth-order valence-corrected chi connectivity index (χ4v) is 7.13. The Hall–Kier alpha value is -5.73. The summed E-state index contributed by atoms with van der Waals surface area (Å²) >= 11 is 6.47. The lowest BCUT2D eigenvalue weighted by atomic mass is 10.1. The quantitative estimate of drug-likeness (QED) is 0.0829. The van der Waals surface area contributed by atoms with Crippen molar-refractivity contribution in [3.05, 3.63) is 161 Å². The zero-order valence-electron chi connectivity index (χ0n) is 33.4. The standard InChI is InChI=1S/C29H26ClFN4O4S.2C7H8O3S/c1-40(36,37)12-11-32-16-23-7-10-27(39-23)20-5-8-26-24(14-20)29(34-18-33-26)35-22-6-9-28(25(30)15-22)38-17-19-3-2-4-21(31)13-19;2*1-6-2-4-7(5-3-6)11(8,9)10/h2-10,13-15,18,32H,11-12,16-17H2,1H3,(H,33,34,35);2*2-5H,1H3,(H,8,9,10)/p-2. The number of hydrogen-bond donors (Lipinski definition) is 2. The number of furan rings is 1. The zero-order valence-corrected chi connectivity index (χ0v) is 36.6. The molecule has 5 aromatic carbocycles. The Labute approximate surface area is 364 Å². The van der Waals surface area contributed by atoms with Gasteiger partial charge in [0, 0.05) is 29.4 Å². The van der Waals surface area contributed by atoms with Crippen molar-refractivity contribution in [2.24, 2.45) is 0 Å². The van der Waals surface area contributed by atoms with Crippen LogP contribution in [-0.2, 0) is 43.2 Å². The topological polar surface area (TPSA) is 221 Å². The van der Waals surface area contributed by atoms with Gasteiger partial charge in [0.25, 0.3) is 0 Å². The second-order valence-electron chi connectivity index (χ2n) is 13.7. The minimum absolute atomic E-state index is 0.0664. The molecule has 14 nitrogen and oxygen atoms in total. The van der Waals surface area contributed by atoms with Gasteiger partial charge in [-0.2, -0.15) is 0 Å². The van der Waals surface area contributed by atoms with Gasteiger partial charge in [0.15, 0.2) is 0 Å². The van der Waals surface area contributed by atoms with E-state index in [0.717, 1.165) is 27.6 Å². The van der Waals surface area contributed by atoms with Gasteiger partial charge < -0.3 is 28.9 Å². The van der Waals surface area contributed by atoms with Crippen LogP contribution in [0.15, 0.2) is 142 Å². The number of hydrogen-bond acceptors (Lipinski definition) is 14. The Morgan fingerprint density at radius 1 is 0.758 bits per heavy atom. The first-order valence-electron chi connectivity index (χ1n) is 18.4. The molecule has 0 fully saturated rings. The molecule has 326 valence electrons. The van der Waals surface area contributed by atoms with Crippen LogP contribution in [0.4, 0.5) is 15.9 Å². The van der Waals surface area contributed by atoms with E-state index in [1.807, 2.05) is 50.2 Å². The predicted octanol–water partition coefficient (Wildman–Crippen LogP) is 7.94. The van der Waals surface area contributed by atoms with E-state index in [-0.39, 0.29) is 28.0 Å². The highest BCUT2D eigenvalue weighted by molar-refractivity contribution is 7.90. The summed E-state index contributed by atoms with van der Waals surface area (Å²) in [6.45, 7) is 4.60. The monoisotopic (exact) mass is 922 g/mol. The fraction of sp³-hybridized carbons (Fsp3) is 0.163. The van der Waals surface area contributed by atoms with E-state index in [1.54, 1.807) is 48.5 Å². The van der Waals surface area contributed by atoms with Crippen molar-refractivity contribution in [3.63, 3.8) is 0 Å². The normalized spacial score (nSPS) is 11.5. The van der Waals surface area contributed by atoms with Crippen molar-refractivity contribution in [2.75, 3.05) is 23.9 Å². The van der Waals surface area contributed by atoms with Gasteiger partial charge in [-0.05, 0) is 104 Å². The third kappa shape index (κ3) is 14.7. The van der Waals surface area contributed by atoms with Crippen LogP contribution in [0.1, 0.15) is 22.5 Å². The average molecular weight is 923 g/mol. The van der Waals surface area contributed by atoms with Crippen molar-refractivity contribution < 1.29 is 47.9 Å². The van der Waals surface area contributed by atoms with Crippen LogP contribution in [0.5, 0.6) is 5.75 Å². The molecular formula is C43H40ClFN4O10S3-2. The number of sulfone groups is 1. The Morgan fingerprint density at radius 2 is 1.40 bits per heavy atom. The maximum atomic E-state index is 13.4. The molecule has 0 unspecified atom stereocenters. The van der Waals surface area contributed by atoms with Crippen LogP contribution < -0.4 is 15.4 Å². The van der Waals surface area contributed by atoms with E-state index in [2.05, 4.69) is 20.6 Å². The lowest BCUT2D eigenvalue weighted by Crippen LogP contribution is -2.21. The molecule has 0 saturated carbocycles. The lowest BCUT2D eigenvalue weighted by Gasteiger charge is -2.12. The third-order valence-corrected chi connectivity index (χ3v) is 11.6. The Balaban J connectivity index is 0.000000267. The molecule has 62 heavy (non-hydrogen) atoms. The third-order valence-electron chi connectivity index (χ3n) is 8.63. The molecule has 0 spiro atoms. The first kappa shape index (κ1) is 47.3. The molecule has 0 amide bonds. The van der Waals surface area contributed by atoms with Crippen LogP contribution in [0.3, 0.4) is 0 Å². The number of benzene rings is 5. The number of aryl methyl sites for hydroxylation is 2. The number of aromatic nitrogens is 2. The first-order valence-corrected chi connectivity index (χ1v) is 23.7. The minimum Gasteiger partial charge on any atom is -0.744 e. The molecule has 2 heterocycles. The Bertz CT molecular complexity index is 2900. The summed E-state index contributed by atoms with van der Waals surface area (Å²) in [5, 5.41) is 7.56. The maximum absolute atomic E-state index is 13.4. The van der Waals surface area contributed by atoms with Gasteiger partial charge in [0.05, 0.1) is 32.6 Å². The van der Waals surface area contributed by atoms with Crippen molar-refractivity contribution in [2.45, 2.75) is 36.8 Å². The molecule has 0 aliphatic rings. The number of fused-ring (bicyclic) bond motifs is 1. The zero-order chi connectivity index (χ0) is 45.1. The molecule has 2 aromatic heterocycles. The number of nitrogens with one attached hydrogen (secondary N) is 2. The van der Waals surface area contributed by atoms with E-state index in [1.165, 1.54) is 49.0 Å². The van der Waals surface area contributed by atoms with Crippen molar-refractivity contribution >= 4 is 64.1 Å². The lowest BCUT2D eigenvalue weighted by molar-refractivity contribution is 0.306. The van der Waals surface area contributed by atoms with Crippen LogP contribution in [0.25, 0.3) is 22.2 Å². The summed E-state index contributed by atoms with van der Waals surface area (Å²) in [4.78, 5) is 8.44. The van der Waals surface area contributed by atoms with Gasteiger partial charge in [-0.3, -0.25) is 0 Å². The molecule has 0 atom stereocenters. The first-order chi connectivity index (χ1) is 29.2. The van der Waals surface area contributed by atoms with Gasteiger partial charge in [-0.1, -0.05) is 59.1 Å². The van der Waals surface area contributed by atoms with Gasteiger partial charge in [0.1, 0.15) is 71.9 Å². The van der Waals surface area contributed by atoms with Crippen LogP contribution >= 0.6 is 11.6 Å². The molecule has 0 bridgehead atoms. The van der Waals surface area contributed by atoms with Gasteiger partial charge >= 0.3 is 0 Å². The largest absolute Gasteiger partial charge is 0.744 e. The average Bonchev–Trinajstić information content (AvgIpc) is 3.68. The molecule has 0 aliphatic heterocycles. The predicted molar refractivity (Wildman–Crippen MR) is 232 cm³/mol. The molecule has 2 N–H and O–H groups in total. The van der Waals surface area contributed by atoms with Gasteiger partial charge in [-0.25, -0.2) is 39.6 Å². The molecule has 0 aliphatic carbocycles. The number of rotatable bonds is 13. The van der Waals surface area contributed by atoms with E-state index in [4.69, 9.17) is 20.8 Å². The van der Waals surface area contributed by atoms with Crippen LogP contribution in [0, 0.1) is 19.7 Å². The molecular weight excluding hydrogens is 883 g/mol. The number of nitrogens with zero attached hydrogens (tertiary/aromatic N) is 2. The SMILES string of the molecule is CS(=O)(=O)CCNCc1ccc(-c2ccc3ncnc(Nc4ccc(OCc5cccc(F)c5)c(Cl)c4)c3c2)o1.Cc1ccc(S(=O)(=O)[O-])cc1.Cc1ccc(S(=O)(=O)[O-])cc1. The minimum atomic E-state index is -4.27. The summed E-state index contributed by atoms with van der Waals surface area (Å²) in [5.41, 5.74) is 4.85. The highest BCUT2D eigenvalue weighted by Crippen LogP contribution is 2.33. The second kappa shape index (κ2) is 20.9. The van der Waals surface area contributed by atoms with Crippen LogP contribution in [-0.4, -0.2) is 62.9 Å². The van der Waals surface area contributed by atoms with Crippen molar-refractivity contribution in [3.8, 4) is 17.1 Å². The highest BCUT2D eigenvalue weighted by atomic mass is 35.5. The number of halogens is 2. The molecule has 7 rings (SSSR count). The van der Waals surface area contributed by atoms with E-state index >= 15 is 0 Å². The van der Waals surface area contributed by atoms with Crippen molar-refractivity contribution in [1.29, 1.82) is 0 Å². The molecule has 0 radical (unpaired) electrons. The Morgan fingerprint density at radius 3 is 1.98 bits per heavy atom. The summed E-state index contributed by atoms with van der Waals surface area (Å²) in [7, 11) is -11.6. The smallest absolute Gasteiger partial charge is 0.148 e. The fourth-order valence-electron chi connectivity index (χ4n) is 5.44. The summed E-state index contributed by atoms with van der Waals surface area (Å²) in [5.74, 6) is 2.17. The van der Waals surface area contributed by atoms with Crippen molar-refractivity contribution in [1.82, 2.24) is 15.3 Å². The van der Waals surface area contributed by atoms with Gasteiger partial charge in [-0.15, -0.1) is 0 Å². The summed E-state index contributed by atoms with van der Waals surface area (Å²) < 4.78 is 110. The Kier molecular flexibility index (Phi) is 15.9. The van der Waals surface area contributed by atoms with E-state index in [9.17, 15) is 38.7 Å². The van der Waals surface area contributed by atoms with E-state index < -0.39 is 30.1 Å². The van der Waals surface area contributed by atoms with E-state index in [0.29, 0.717) is 52.5 Å². The second-order valence-corrected chi connectivity index (χ2v) is 19.2. The molecule has 0 saturated heterocycles. The summed E-state index contributed by atoms with van der Waals surface area (Å²) in [6.07, 6.45) is 2.69. The maximum Gasteiger partial charge on any atom is 0.148 e. The van der Waals surface area contributed by atoms with Crippen LogP contribution in [0.2, 0.25) is 5.02 Å². The summed E-state index contributed by atoms with van der Waals surface area (Å²) in [6, 6.07) is 32.5. The molecule has 19 heteroatoms. The number of ether oxygens (including phenoxy) is 1. The van der Waals surface area contributed by atoms with Gasteiger partial charge in [0.2, 0.25) is 0 Å². The highest BCUT2D eigenvalue weighted by Gasteiger charge is 2.12. The molecule has 7 aromatic rings.